The summed E-state index contributed by atoms with van der Waals surface area (Å²) in [4.78, 5) is 25.0. The molecule has 2 N–H and O–H groups in total. The number of benzene rings is 2. The average molecular weight is 368 g/mol. The Morgan fingerprint density at radius 3 is 2.44 bits per heavy atom. The van der Waals surface area contributed by atoms with E-state index >= 15 is 0 Å². The Hall–Kier alpha value is -2.82. The number of carbonyl (C=O) groups is 2. The van der Waals surface area contributed by atoms with Gasteiger partial charge in [-0.2, -0.15) is 0 Å². The molecule has 5 nitrogen and oxygen atoms in total. The van der Waals surface area contributed by atoms with Crippen molar-refractivity contribution >= 4 is 17.5 Å². The molecule has 0 saturated carbocycles. The molecule has 2 aromatic rings. The molecule has 0 saturated heterocycles. The summed E-state index contributed by atoms with van der Waals surface area (Å²) in [5.41, 5.74) is 2.94. The van der Waals surface area contributed by atoms with Crippen LogP contribution in [0.2, 0.25) is 0 Å². The van der Waals surface area contributed by atoms with Gasteiger partial charge in [-0.05, 0) is 56.0 Å². The lowest BCUT2D eigenvalue weighted by Crippen LogP contribution is -2.32. The van der Waals surface area contributed by atoms with Crippen LogP contribution < -0.4 is 15.4 Å². The third kappa shape index (κ3) is 5.84. The molecule has 0 aliphatic carbocycles. The van der Waals surface area contributed by atoms with Gasteiger partial charge in [0.05, 0.1) is 11.3 Å². The first-order valence-electron chi connectivity index (χ1n) is 9.20. The number of nitrogens with one attached hydrogen (secondary N) is 2. The first-order valence-corrected chi connectivity index (χ1v) is 9.20. The molecule has 0 aromatic heterocycles. The number of hydrogen-bond donors (Lipinski definition) is 2. The molecule has 1 atom stereocenters. The first-order chi connectivity index (χ1) is 12.8. The summed E-state index contributed by atoms with van der Waals surface area (Å²) in [5.74, 6) is 0.519. The number of amides is 2. The Morgan fingerprint density at radius 1 is 1.04 bits per heavy atom. The van der Waals surface area contributed by atoms with Crippen molar-refractivity contribution < 1.29 is 14.3 Å². The van der Waals surface area contributed by atoms with E-state index < -0.39 is 6.10 Å². The monoisotopic (exact) mass is 368 g/mol. The summed E-state index contributed by atoms with van der Waals surface area (Å²) in [6.45, 7) is 10.2. The van der Waals surface area contributed by atoms with Crippen molar-refractivity contribution in [3.63, 3.8) is 0 Å². The van der Waals surface area contributed by atoms with Crippen molar-refractivity contribution in [2.75, 3.05) is 11.9 Å². The normalized spacial score (nSPS) is 11.8. The lowest BCUT2D eigenvalue weighted by Gasteiger charge is -2.18. The zero-order chi connectivity index (χ0) is 20.0. The molecular weight excluding hydrogens is 340 g/mol. The number of anilines is 1. The van der Waals surface area contributed by atoms with Gasteiger partial charge in [0.2, 0.25) is 0 Å². The molecule has 0 spiro atoms. The minimum Gasteiger partial charge on any atom is -0.481 e. The highest BCUT2D eigenvalue weighted by molar-refractivity contribution is 6.04. The third-order valence-electron chi connectivity index (χ3n) is 4.12. The number of aryl methyl sites for hydroxylation is 2. The number of ether oxygens (including phenoxy) is 1. The number of carbonyl (C=O) groups excluding carboxylic acids is 2. The molecule has 0 fully saturated rings. The zero-order valence-electron chi connectivity index (χ0n) is 16.6. The van der Waals surface area contributed by atoms with Crippen LogP contribution in [0.25, 0.3) is 0 Å². The molecule has 0 aliphatic heterocycles. The molecule has 144 valence electrons. The minimum absolute atomic E-state index is 0.206. The predicted molar refractivity (Wildman–Crippen MR) is 108 cm³/mol. The number of rotatable bonds is 7. The molecule has 2 aromatic carbocycles. The van der Waals surface area contributed by atoms with E-state index in [-0.39, 0.29) is 11.8 Å². The van der Waals surface area contributed by atoms with E-state index in [9.17, 15) is 9.59 Å². The summed E-state index contributed by atoms with van der Waals surface area (Å²) in [5, 5.41) is 5.68. The Labute approximate surface area is 161 Å². The Morgan fingerprint density at radius 2 is 1.74 bits per heavy atom. The number of hydrogen-bond acceptors (Lipinski definition) is 3. The van der Waals surface area contributed by atoms with Gasteiger partial charge in [-0.25, -0.2) is 0 Å². The van der Waals surface area contributed by atoms with Crippen LogP contribution in [0, 0.1) is 19.8 Å². The predicted octanol–water partition coefficient (Wildman–Crippen LogP) is 4.10. The van der Waals surface area contributed by atoms with Gasteiger partial charge in [0, 0.05) is 6.54 Å². The maximum atomic E-state index is 12.6. The van der Waals surface area contributed by atoms with Crippen LogP contribution in [0.4, 0.5) is 5.69 Å². The fraction of sp³-hybridized carbons (Fsp3) is 0.364. The van der Waals surface area contributed by atoms with Crippen molar-refractivity contribution in [1.82, 2.24) is 5.32 Å². The highest BCUT2D eigenvalue weighted by Gasteiger charge is 2.19. The summed E-state index contributed by atoms with van der Waals surface area (Å²) in [7, 11) is 0. The van der Waals surface area contributed by atoms with Crippen LogP contribution in [0.1, 0.15) is 42.3 Å². The van der Waals surface area contributed by atoms with Gasteiger partial charge < -0.3 is 15.4 Å². The van der Waals surface area contributed by atoms with Crippen LogP contribution >= 0.6 is 0 Å². The van der Waals surface area contributed by atoms with Crippen molar-refractivity contribution in [1.29, 1.82) is 0 Å². The van der Waals surface area contributed by atoms with Crippen molar-refractivity contribution in [3.8, 4) is 5.75 Å². The fourth-order valence-electron chi connectivity index (χ4n) is 2.49. The second kappa shape index (κ2) is 9.21. The molecule has 2 amide bonds. The topological polar surface area (TPSA) is 67.4 Å². The van der Waals surface area contributed by atoms with Gasteiger partial charge >= 0.3 is 0 Å². The lowest BCUT2D eigenvalue weighted by molar-refractivity contribution is -0.122. The number of para-hydroxylation sites is 1. The van der Waals surface area contributed by atoms with E-state index in [1.165, 1.54) is 0 Å². The maximum absolute atomic E-state index is 12.6. The molecule has 5 heteroatoms. The minimum atomic E-state index is -0.697. The molecule has 27 heavy (non-hydrogen) atoms. The van der Waals surface area contributed by atoms with Crippen LogP contribution in [0.5, 0.6) is 5.75 Å². The molecule has 2 rings (SSSR count). The summed E-state index contributed by atoms with van der Waals surface area (Å²) >= 11 is 0. The molecule has 0 bridgehead atoms. The van der Waals surface area contributed by atoms with Crippen LogP contribution in [-0.4, -0.2) is 24.5 Å². The van der Waals surface area contributed by atoms with E-state index in [0.29, 0.717) is 29.5 Å². The Bertz CT molecular complexity index is 815. The third-order valence-corrected chi connectivity index (χ3v) is 4.12. The largest absolute Gasteiger partial charge is 0.481 e. The lowest BCUT2D eigenvalue weighted by atomic mass is 10.1. The summed E-state index contributed by atoms with van der Waals surface area (Å²) in [6.07, 6.45) is -0.697. The summed E-state index contributed by atoms with van der Waals surface area (Å²) < 4.78 is 5.83. The van der Waals surface area contributed by atoms with E-state index in [1.807, 2.05) is 45.9 Å². The van der Waals surface area contributed by atoms with Crippen molar-refractivity contribution in [3.05, 3.63) is 59.2 Å². The molecule has 0 radical (unpaired) electrons. The van der Waals surface area contributed by atoms with Gasteiger partial charge in [-0.15, -0.1) is 0 Å². The Kier molecular flexibility index (Phi) is 6.99. The van der Waals surface area contributed by atoms with E-state index in [1.54, 1.807) is 31.2 Å². The SMILES string of the molecule is Cc1ccc(C)c(O[C@H](C)C(=O)Nc2ccccc2C(=O)NCC(C)C)c1. The van der Waals surface area contributed by atoms with Gasteiger partial charge in [0.15, 0.2) is 6.10 Å². The average Bonchev–Trinajstić information content (AvgIpc) is 2.63. The van der Waals surface area contributed by atoms with Crippen molar-refractivity contribution in [2.24, 2.45) is 5.92 Å². The quantitative estimate of drug-likeness (QED) is 0.773. The Balaban J connectivity index is 2.09. The van der Waals surface area contributed by atoms with Gasteiger partial charge in [-0.3, -0.25) is 9.59 Å². The first kappa shape index (κ1) is 20.5. The summed E-state index contributed by atoms with van der Waals surface area (Å²) in [6, 6.07) is 12.8. The van der Waals surface area contributed by atoms with Gasteiger partial charge in [0.25, 0.3) is 11.8 Å². The standard InChI is InChI=1S/C22H28N2O3/c1-14(2)13-23-22(26)18-8-6-7-9-19(18)24-21(25)17(5)27-20-12-15(3)10-11-16(20)4/h6-12,14,17H,13H2,1-5H3,(H,23,26)(H,24,25)/t17-/m1/s1. The van der Waals surface area contributed by atoms with E-state index in [4.69, 9.17) is 4.74 Å². The van der Waals surface area contributed by atoms with E-state index in [2.05, 4.69) is 10.6 Å². The van der Waals surface area contributed by atoms with Gasteiger partial charge in [-0.1, -0.05) is 38.1 Å². The van der Waals surface area contributed by atoms with Crippen LogP contribution in [0.15, 0.2) is 42.5 Å². The molecular formula is C22H28N2O3. The smallest absolute Gasteiger partial charge is 0.265 e. The fourth-order valence-corrected chi connectivity index (χ4v) is 2.49. The van der Waals surface area contributed by atoms with Gasteiger partial charge in [0.1, 0.15) is 5.75 Å². The highest BCUT2D eigenvalue weighted by Crippen LogP contribution is 2.21. The highest BCUT2D eigenvalue weighted by atomic mass is 16.5. The molecule has 0 unspecified atom stereocenters. The van der Waals surface area contributed by atoms with Crippen LogP contribution in [-0.2, 0) is 4.79 Å². The maximum Gasteiger partial charge on any atom is 0.265 e. The van der Waals surface area contributed by atoms with Crippen LogP contribution in [0.3, 0.4) is 0 Å². The zero-order valence-corrected chi connectivity index (χ0v) is 16.6. The second-order valence-corrected chi connectivity index (χ2v) is 7.17. The van der Waals surface area contributed by atoms with Crippen molar-refractivity contribution in [2.45, 2.75) is 40.7 Å². The van der Waals surface area contributed by atoms with E-state index in [0.717, 1.165) is 11.1 Å². The molecule has 0 aliphatic rings. The second-order valence-electron chi connectivity index (χ2n) is 7.17. The molecule has 0 heterocycles.